The van der Waals surface area contributed by atoms with Crippen LogP contribution in [0.15, 0.2) is 36.5 Å². The van der Waals surface area contributed by atoms with Crippen molar-refractivity contribution in [2.75, 3.05) is 0 Å². The molecule has 0 N–H and O–H groups in total. The van der Waals surface area contributed by atoms with E-state index in [4.69, 9.17) is 0 Å². The van der Waals surface area contributed by atoms with E-state index in [0.29, 0.717) is 11.1 Å². The van der Waals surface area contributed by atoms with E-state index in [1.807, 2.05) is 0 Å². The zero-order chi connectivity index (χ0) is 12.5. The number of benzene rings is 1. The van der Waals surface area contributed by atoms with Gasteiger partial charge in [0.05, 0.1) is 5.56 Å². The molecule has 0 saturated carbocycles. The standard InChI is InChI=1S/C11H9F3N2O/c1-16-7-9(8-5-3-2-4-6-8)10(15-16)17-11(12,13)14/h2-7H,1H3. The second-order valence-corrected chi connectivity index (χ2v) is 3.44. The van der Waals surface area contributed by atoms with Gasteiger partial charge < -0.3 is 4.74 Å². The molecular formula is C11H9F3N2O. The minimum absolute atomic E-state index is 0.311. The second-order valence-electron chi connectivity index (χ2n) is 3.44. The first kappa shape index (κ1) is 11.5. The maximum Gasteiger partial charge on any atom is 0.574 e. The topological polar surface area (TPSA) is 27.1 Å². The van der Waals surface area contributed by atoms with Gasteiger partial charge in [0, 0.05) is 13.2 Å². The van der Waals surface area contributed by atoms with Crippen LogP contribution < -0.4 is 4.74 Å². The molecule has 0 radical (unpaired) electrons. The fourth-order valence-electron chi connectivity index (χ4n) is 1.47. The van der Waals surface area contributed by atoms with Crippen LogP contribution >= 0.6 is 0 Å². The minimum atomic E-state index is -4.74. The summed E-state index contributed by atoms with van der Waals surface area (Å²) in [5.41, 5.74) is 0.935. The van der Waals surface area contributed by atoms with Crippen molar-refractivity contribution in [2.24, 2.45) is 7.05 Å². The third-order valence-electron chi connectivity index (χ3n) is 2.09. The summed E-state index contributed by atoms with van der Waals surface area (Å²) in [6.45, 7) is 0. The maximum absolute atomic E-state index is 12.2. The van der Waals surface area contributed by atoms with E-state index >= 15 is 0 Å². The number of hydrogen-bond acceptors (Lipinski definition) is 2. The monoisotopic (exact) mass is 242 g/mol. The fraction of sp³-hybridized carbons (Fsp3) is 0.182. The average molecular weight is 242 g/mol. The van der Waals surface area contributed by atoms with Crippen molar-refractivity contribution < 1.29 is 17.9 Å². The van der Waals surface area contributed by atoms with Crippen molar-refractivity contribution in [1.29, 1.82) is 0 Å². The molecule has 0 aliphatic carbocycles. The van der Waals surface area contributed by atoms with Crippen LogP contribution in [0.1, 0.15) is 0 Å². The summed E-state index contributed by atoms with van der Waals surface area (Å²) in [6.07, 6.45) is -3.26. The summed E-state index contributed by atoms with van der Waals surface area (Å²) in [4.78, 5) is 0. The minimum Gasteiger partial charge on any atom is -0.386 e. The van der Waals surface area contributed by atoms with E-state index in [9.17, 15) is 13.2 Å². The fourth-order valence-corrected chi connectivity index (χ4v) is 1.47. The summed E-state index contributed by atoms with van der Waals surface area (Å²) in [7, 11) is 1.54. The lowest BCUT2D eigenvalue weighted by Crippen LogP contribution is -2.18. The average Bonchev–Trinajstić information content (AvgIpc) is 2.58. The Morgan fingerprint density at radius 3 is 2.41 bits per heavy atom. The molecule has 0 saturated heterocycles. The van der Waals surface area contributed by atoms with Crippen LogP contribution in [0.2, 0.25) is 0 Å². The zero-order valence-electron chi connectivity index (χ0n) is 8.90. The SMILES string of the molecule is Cn1cc(-c2ccccc2)c(OC(F)(F)F)n1. The lowest BCUT2D eigenvalue weighted by molar-refractivity contribution is -0.276. The number of ether oxygens (including phenoxy) is 1. The number of alkyl halides is 3. The van der Waals surface area contributed by atoms with Gasteiger partial charge in [-0.3, -0.25) is 4.68 Å². The quantitative estimate of drug-likeness (QED) is 0.809. The Bertz CT molecular complexity index is 505. The Balaban J connectivity index is 2.41. The highest BCUT2D eigenvalue weighted by molar-refractivity contribution is 5.67. The smallest absolute Gasteiger partial charge is 0.386 e. The van der Waals surface area contributed by atoms with Crippen LogP contribution in [0.4, 0.5) is 13.2 Å². The Kier molecular flexibility index (Phi) is 2.79. The summed E-state index contributed by atoms with van der Waals surface area (Å²) in [5.74, 6) is -0.439. The first-order valence-corrected chi connectivity index (χ1v) is 4.80. The van der Waals surface area contributed by atoms with Gasteiger partial charge in [0.2, 0.25) is 5.88 Å². The molecule has 17 heavy (non-hydrogen) atoms. The Labute approximate surface area is 95.4 Å². The number of halogens is 3. The number of rotatable bonds is 2. The van der Waals surface area contributed by atoms with Crippen LogP contribution in [0, 0.1) is 0 Å². The van der Waals surface area contributed by atoms with Gasteiger partial charge in [-0.1, -0.05) is 30.3 Å². The lowest BCUT2D eigenvalue weighted by Gasteiger charge is -2.07. The molecule has 0 spiro atoms. The van der Waals surface area contributed by atoms with Crippen LogP contribution in [0.5, 0.6) is 5.88 Å². The molecule has 1 aromatic heterocycles. The van der Waals surface area contributed by atoms with Crippen LogP contribution in [0.25, 0.3) is 11.1 Å². The highest BCUT2D eigenvalue weighted by atomic mass is 19.4. The molecule has 2 rings (SSSR count). The lowest BCUT2D eigenvalue weighted by atomic mass is 10.1. The Morgan fingerprint density at radius 2 is 1.82 bits per heavy atom. The molecule has 0 fully saturated rings. The van der Waals surface area contributed by atoms with E-state index in [1.165, 1.54) is 17.9 Å². The summed E-state index contributed by atoms with van der Waals surface area (Å²) in [6, 6.07) is 8.64. The zero-order valence-corrected chi connectivity index (χ0v) is 8.90. The number of hydrogen-bond donors (Lipinski definition) is 0. The Morgan fingerprint density at radius 1 is 1.18 bits per heavy atom. The largest absolute Gasteiger partial charge is 0.574 e. The van der Waals surface area contributed by atoms with Gasteiger partial charge >= 0.3 is 6.36 Å². The normalized spacial score (nSPS) is 11.5. The molecule has 3 nitrogen and oxygen atoms in total. The Hall–Kier alpha value is -1.98. The van der Waals surface area contributed by atoms with E-state index < -0.39 is 12.2 Å². The van der Waals surface area contributed by atoms with Gasteiger partial charge in [0.1, 0.15) is 0 Å². The third kappa shape index (κ3) is 2.77. The van der Waals surface area contributed by atoms with Crippen molar-refractivity contribution in [3.05, 3.63) is 36.5 Å². The van der Waals surface area contributed by atoms with Crippen molar-refractivity contribution >= 4 is 0 Å². The first-order chi connectivity index (χ1) is 7.96. The molecule has 0 amide bonds. The second kappa shape index (κ2) is 4.12. The molecule has 6 heteroatoms. The highest BCUT2D eigenvalue weighted by Gasteiger charge is 2.33. The van der Waals surface area contributed by atoms with E-state index in [0.717, 1.165) is 0 Å². The van der Waals surface area contributed by atoms with Crippen LogP contribution in [0.3, 0.4) is 0 Å². The highest BCUT2D eigenvalue weighted by Crippen LogP contribution is 2.32. The molecule has 1 aromatic carbocycles. The van der Waals surface area contributed by atoms with E-state index in [1.54, 1.807) is 30.3 Å². The predicted octanol–water partition coefficient (Wildman–Crippen LogP) is 2.99. The molecule has 2 aromatic rings. The summed E-state index contributed by atoms with van der Waals surface area (Å²) >= 11 is 0. The van der Waals surface area contributed by atoms with E-state index in [2.05, 4.69) is 9.84 Å². The van der Waals surface area contributed by atoms with Gasteiger partial charge in [0.15, 0.2) is 0 Å². The summed E-state index contributed by atoms with van der Waals surface area (Å²) in [5, 5.41) is 3.65. The number of aromatic nitrogens is 2. The molecule has 0 bridgehead atoms. The van der Waals surface area contributed by atoms with Crippen molar-refractivity contribution in [3.8, 4) is 17.0 Å². The molecule has 0 aliphatic heterocycles. The number of nitrogens with zero attached hydrogens (tertiary/aromatic N) is 2. The van der Waals surface area contributed by atoms with Crippen LogP contribution in [-0.4, -0.2) is 16.1 Å². The molecule has 1 heterocycles. The van der Waals surface area contributed by atoms with Gasteiger partial charge in [0.25, 0.3) is 0 Å². The van der Waals surface area contributed by atoms with Gasteiger partial charge in [-0.05, 0) is 5.56 Å². The number of aryl methyl sites for hydroxylation is 1. The van der Waals surface area contributed by atoms with Crippen LogP contribution in [-0.2, 0) is 7.05 Å². The van der Waals surface area contributed by atoms with Crippen molar-refractivity contribution in [1.82, 2.24) is 9.78 Å². The summed E-state index contributed by atoms with van der Waals surface area (Å²) < 4.78 is 41.7. The van der Waals surface area contributed by atoms with Crippen molar-refractivity contribution in [2.45, 2.75) is 6.36 Å². The van der Waals surface area contributed by atoms with E-state index in [-0.39, 0.29) is 0 Å². The predicted molar refractivity (Wildman–Crippen MR) is 55.3 cm³/mol. The van der Waals surface area contributed by atoms with Gasteiger partial charge in [-0.15, -0.1) is 18.3 Å². The van der Waals surface area contributed by atoms with Gasteiger partial charge in [-0.25, -0.2) is 0 Å². The first-order valence-electron chi connectivity index (χ1n) is 4.80. The third-order valence-corrected chi connectivity index (χ3v) is 2.09. The molecular weight excluding hydrogens is 233 g/mol. The molecule has 0 aliphatic rings. The van der Waals surface area contributed by atoms with Gasteiger partial charge in [-0.2, -0.15) is 0 Å². The molecule has 0 atom stereocenters. The van der Waals surface area contributed by atoms with Crippen molar-refractivity contribution in [3.63, 3.8) is 0 Å². The molecule has 90 valence electrons. The maximum atomic E-state index is 12.2. The molecule has 0 unspecified atom stereocenters.